The zero-order valence-electron chi connectivity index (χ0n) is 16.0. The van der Waals surface area contributed by atoms with Gasteiger partial charge in [-0.25, -0.2) is 4.68 Å². The van der Waals surface area contributed by atoms with Gasteiger partial charge in [-0.1, -0.05) is 18.2 Å². The van der Waals surface area contributed by atoms with Gasteiger partial charge in [0.05, 0.1) is 24.1 Å². The number of benzene rings is 2. The predicted molar refractivity (Wildman–Crippen MR) is 106 cm³/mol. The highest BCUT2D eigenvalue weighted by atomic mass is 16.5. The van der Waals surface area contributed by atoms with Crippen LogP contribution in [0.4, 0.5) is 0 Å². The van der Waals surface area contributed by atoms with E-state index in [1.807, 2.05) is 56.3 Å². The van der Waals surface area contributed by atoms with Crippen LogP contribution in [0.15, 0.2) is 54.9 Å². The van der Waals surface area contributed by atoms with Crippen LogP contribution in [0, 0.1) is 0 Å². The monoisotopic (exact) mass is 377 g/mol. The number of hydrogen-bond acceptors (Lipinski definition) is 4. The summed E-state index contributed by atoms with van der Waals surface area (Å²) >= 11 is 0. The van der Waals surface area contributed by atoms with Gasteiger partial charge in [0.2, 0.25) is 0 Å². The second-order valence-electron chi connectivity index (χ2n) is 6.83. The Kier molecular flexibility index (Phi) is 5.02. The van der Waals surface area contributed by atoms with Gasteiger partial charge in [0.25, 0.3) is 5.91 Å². The summed E-state index contributed by atoms with van der Waals surface area (Å²) in [6, 6.07) is 13.7. The van der Waals surface area contributed by atoms with E-state index in [-0.39, 0.29) is 12.0 Å². The van der Waals surface area contributed by atoms with Gasteiger partial charge in [-0.05, 0) is 38.1 Å². The summed E-state index contributed by atoms with van der Waals surface area (Å²) in [5.74, 6) is 1.48. The van der Waals surface area contributed by atoms with Gasteiger partial charge in [-0.3, -0.25) is 4.79 Å². The molecule has 0 fully saturated rings. The summed E-state index contributed by atoms with van der Waals surface area (Å²) in [6.45, 7) is 4.93. The minimum Gasteiger partial charge on any atom is -0.494 e. The fourth-order valence-corrected chi connectivity index (χ4v) is 3.35. The normalized spacial score (nSPS) is 15.0. The Morgan fingerprint density at radius 1 is 1.32 bits per heavy atom. The van der Waals surface area contributed by atoms with E-state index in [0.717, 1.165) is 34.7 Å². The molecule has 2 heterocycles. The maximum atomic E-state index is 12.6. The van der Waals surface area contributed by atoms with Crippen molar-refractivity contribution < 1.29 is 14.3 Å². The molecule has 0 saturated heterocycles. The molecule has 6 heteroatoms. The van der Waals surface area contributed by atoms with Crippen molar-refractivity contribution in [1.29, 1.82) is 0 Å². The molecule has 1 aromatic heterocycles. The average molecular weight is 377 g/mol. The third-order valence-electron chi connectivity index (χ3n) is 4.68. The molecule has 1 amide bonds. The minimum absolute atomic E-state index is 0.165. The van der Waals surface area contributed by atoms with Crippen LogP contribution in [-0.4, -0.2) is 28.4 Å². The van der Waals surface area contributed by atoms with Crippen LogP contribution in [0.3, 0.4) is 0 Å². The molecule has 3 aromatic rings. The number of para-hydroxylation sites is 1. The van der Waals surface area contributed by atoms with Crippen LogP contribution < -0.4 is 14.8 Å². The highest BCUT2D eigenvalue weighted by Crippen LogP contribution is 2.35. The molecular formula is C22H23N3O3. The smallest absolute Gasteiger partial charge is 0.254 e. The number of nitrogens with one attached hydrogen (secondary N) is 1. The number of amides is 1. The van der Waals surface area contributed by atoms with Gasteiger partial charge in [0.15, 0.2) is 0 Å². The van der Waals surface area contributed by atoms with E-state index in [4.69, 9.17) is 9.47 Å². The lowest BCUT2D eigenvalue weighted by Crippen LogP contribution is -2.22. The van der Waals surface area contributed by atoms with Crippen molar-refractivity contribution in [2.24, 2.45) is 0 Å². The van der Waals surface area contributed by atoms with Crippen molar-refractivity contribution in [2.45, 2.75) is 32.9 Å². The van der Waals surface area contributed by atoms with Crippen LogP contribution in [-0.2, 0) is 13.0 Å². The van der Waals surface area contributed by atoms with Gasteiger partial charge in [-0.15, -0.1) is 0 Å². The number of hydrogen-bond donors (Lipinski definition) is 1. The number of nitrogens with zero attached hydrogens (tertiary/aromatic N) is 2. The second kappa shape index (κ2) is 7.76. The molecule has 4 rings (SSSR count). The summed E-state index contributed by atoms with van der Waals surface area (Å²) in [5, 5.41) is 7.23. The summed E-state index contributed by atoms with van der Waals surface area (Å²) in [5.41, 5.74) is 3.46. The molecule has 28 heavy (non-hydrogen) atoms. The number of fused-ring (bicyclic) bond motifs is 1. The van der Waals surface area contributed by atoms with E-state index >= 15 is 0 Å². The van der Waals surface area contributed by atoms with E-state index in [1.165, 1.54) is 0 Å². The molecule has 0 bridgehead atoms. The first kappa shape index (κ1) is 18.1. The molecule has 0 radical (unpaired) electrons. The molecule has 0 saturated carbocycles. The molecule has 144 valence electrons. The van der Waals surface area contributed by atoms with E-state index in [2.05, 4.69) is 10.4 Å². The van der Waals surface area contributed by atoms with E-state index < -0.39 is 0 Å². The number of carbonyl (C=O) groups excluding carboxylic acids is 1. The maximum Gasteiger partial charge on any atom is 0.254 e. The van der Waals surface area contributed by atoms with Crippen molar-refractivity contribution in [3.05, 3.63) is 71.5 Å². The van der Waals surface area contributed by atoms with E-state index in [1.54, 1.807) is 17.1 Å². The van der Waals surface area contributed by atoms with Crippen LogP contribution in [0.1, 0.15) is 35.3 Å². The van der Waals surface area contributed by atoms with Gasteiger partial charge < -0.3 is 14.8 Å². The summed E-state index contributed by atoms with van der Waals surface area (Å²) in [4.78, 5) is 12.6. The maximum absolute atomic E-state index is 12.6. The topological polar surface area (TPSA) is 65.4 Å². The first-order valence-corrected chi connectivity index (χ1v) is 9.47. The fourth-order valence-electron chi connectivity index (χ4n) is 3.35. The Morgan fingerprint density at radius 2 is 2.14 bits per heavy atom. The summed E-state index contributed by atoms with van der Waals surface area (Å²) in [6.07, 6.45) is 4.33. The fraction of sp³-hybridized carbons (Fsp3) is 0.273. The number of rotatable bonds is 6. The van der Waals surface area contributed by atoms with Gasteiger partial charge in [0.1, 0.15) is 17.6 Å². The molecule has 6 nitrogen and oxygen atoms in total. The number of aromatic nitrogens is 2. The highest BCUT2D eigenvalue weighted by molar-refractivity contribution is 5.93. The molecule has 1 aliphatic heterocycles. The zero-order chi connectivity index (χ0) is 19.5. The van der Waals surface area contributed by atoms with Crippen molar-refractivity contribution in [3.63, 3.8) is 0 Å². The number of carbonyl (C=O) groups is 1. The van der Waals surface area contributed by atoms with Crippen molar-refractivity contribution >= 4 is 5.91 Å². The average Bonchev–Trinajstić information content (AvgIpc) is 3.33. The highest BCUT2D eigenvalue weighted by Gasteiger charge is 2.22. The Balaban J connectivity index is 1.48. The third-order valence-corrected chi connectivity index (χ3v) is 4.68. The third kappa shape index (κ3) is 3.71. The Labute approximate surface area is 164 Å². The van der Waals surface area contributed by atoms with E-state index in [0.29, 0.717) is 18.7 Å². The van der Waals surface area contributed by atoms with Crippen LogP contribution in [0.5, 0.6) is 11.5 Å². The van der Waals surface area contributed by atoms with Gasteiger partial charge in [0, 0.05) is 30.3 Å². The molecule has 0 unspecified atom stereocenters. The summed E-state index contributed by atoms with van der Waals surface area (Å²) in [7, 11) is 0. The lowest BCUT2D eigenvalue weighted by Gasteiger charge is -2.13. The predicted octanol–water partition coefficient (Wildman–Crippen LogP) is 3.52. The number of ether oxygens (including phenoxy) is 2. The van der Waals surface area contributed by atoms with Crippen molar-refractivity contribution in [2.75, 3.05) is 6.61 Å². The molecule has 1 aliphatic rings. The summed E-state index contributed by atoms with van der Waals surface area (Å²) < 4.78 is 13.3. The Bertz CT molecular complexity index is 982. The standard InChI is InChI=1S/C22H23N3O3/c1-3-27-20-10-16-9-15(2)28-21(16)11-17(20)12-23-22(26)18-13-24-25(14-18)19-7-5-4-6-8-19/h4-8,10-11,13-15H,3,9,12H2,1-2H3,(H,23,26)/t15-/m1/s1. The Hall–Kier alpha value is -3.28. The molecule has 0 spiro atoms. The lowest BCUT2D eigenvalue weighted by molar-refractivity contribution is 0.0950. The first-order valence-electron chi connectivity index (χ1n) is 9.47. The van der Waals surface area contributed by atoms with E-state index in [9.17, 15) is 4.79 Å². The molecular weight excluding hydrogens is 354 g/mol. The largest absolute Gasteiger partial charge is 0.494 e. The zero-order valence-corrected chi connectivity index (χ0v) is 16.0. The van der Waals surface area contributed by atoms with Gasteiger partial charge in [-0.2, -0.15) is 5.10 Å². The minimum atomic E-state index is -0.181. The lowest BCUT2D eigenvalue weighted by atomic mass is 10.1. The quantitative estimate of drug-likeness (QED) is 0.714. The van der Waals surface area contributed by atoms with Crippen molar-refractivity contribution in [3.8, 4) is 17.2 Å². The van der Waals surface area contributed by atoms with Crippen LogP contribution >= 0.6 is 0 Å². The second-order valence-corrected chi connectivity index (χ2v) is 6.83. The van der Waals surface area contributed by atoms with Crippen LogP contribution in [0.2, 0.25) is 0 Å². The molecule has 0 aliphatic carbocycles. The van der Waals surface area contributed by atoms with Gasteiger partial charge >= 0.3 is 0 Å². The molecule has 1 atom stereocenters. The SMILES string of the molecule is CCOc1cc2c(cc1CNC(=O)c1cnn(-c3ccccc3)c1)O[C@H](C)C2. The molecule has 1 N–H and O–H groups in total. The molecule has 2 aromatic carbocycles. The van der Waals surface area contributed by atoms with Crippen LogP contribution in [0.25, 0.3) is 5.69 Å². The Morgan fingerprint density at radius 3 is 2.93 bits per heavy atom. The van der Waals surface area contributed by atoms with Crippen molar-refractivity contribution in [1.82, 2.24) is 15.1 Å². The first-order chi connectivity index (χ1) is 13.6.